The van der Waals surface area contributed by atoms with Crippen molar-refractivity contribution >= 4 is 16.1 Å². The summed E-state index contributed by atoms with van der Waals surface area (Å²) in [5.41, 5.74) is 5.92. The zero-order chi connectivity index (χ0) is 9.99. The van der Waals surface area contributed by atoms with E-state index in [1.54, 1.807) is 0 Å². The van der Waals surface area contributed by atoms with E-state index in [4.69, 9.17) is 12.8 Å². The van der Waals surface area contributed by atoms with Gasteiger partial charge in [-0.2, -0.15) is 0 Å². The average Bonchev–Trinajstić information content (AvgIpc) is 2.03. The maximum Gasteiger partial charge on any atom is 0.133 e. The lowest BCUT2D eigenvalue weighted by Crippen LogP contribution is -2.44. The highest BCUT2D eigenvalue weighted by Gasteiger charge is 2.38. The first-order valence-electron chi connectivity index (χ1n) is 4.23. The summed E-state index contributed by atoms with van der Waals surface area (Å²) in [6.07, 6.45) is 11.0. The van der Waals surface area contributed by atoms with Crippen molar-refractivity contribution in [1.82, 2.24) is 0 Å². The molecule has 0 aromatic carbocycles. The van der Waals surface area contributed by atoms with Crippen LogP contribution in [0.4, 0.5) is 0 Å². The molecule has 0 fully saturated rings. The summed E-state index contributed by atoms with van der Waals surface area (Å²) in [5, 5.41) is 0.597. The Kier molecular flexibility index (Phi) is 3.38. The predicted molar refractivity (Wildman–Crippen MR) is 62.1 cm³/mol. The second kappa shape index (κ2) is 3.52. The molecule has 0 aromatic rings. The molecule has 0 rings (SSSR count). The minimum Gasteiger partial charge on any atom is -0.135 e. The molecule has 0 saturated heterocycles. The predicted octanol–water partition coefficient (Wildman–Crippen LogP) is 2.68. The van der Waals surface area contributed by atoms with E-state index in [1.807, 2.05) is 0 Å². The Balaban J connectivity index is 4.77. The van der Waals surface area contributed by atoms with Crippen LogP contribution in [0.15, 0.2) is 0 Å². The van der Waals surface area contributed by atoms with Gasteiger partial charge in [0.25, 0.3) is 0 Å². The van der Waals surface area contributed by atoms with Gasteiger partial charge in [-0.05, 0) is 5.16 Å². The van der Waals surface area contributed by atoms with Gasteiger partial charge in [0.2, 0.25) is 0 Å². The molecule has 0 aliphatic heterocycles. The molecule has 0 N–H and O–H groups in total. The summed E-state index contributed by atoms with van der Waals surface area (Å²) in [5.74, 6) is 0. The van der Waals surface area contributed by atoms with E-state index < -0.39 is 16.1 Å². The Morgan fingerprint density at radius 2 is 1.17 bits per heavy atom. The van der Waals surface area contributed by atoms with Crippen LogP contribution in [0, 0.1) is 23.9 Å². The van der Waals surface area contributed by atoms with E-state index in [9.17, 15) is 0 Å². The van der Waals surface area contributed by atoms with Gasteiger partial charge < -0.3 is 0 Å². The molecule has 0 amide bonds. The van der Waals surface area contributed by atoms with Crippen molar-refractivity contribution in [2.75, 3.05) is 0 Å². The van der Waals surface area contributed by atoms with Gasteiger partial charge in [-0.15, -0.1) is 23.9 Å². The lowest BCUT2D eigenvalue weighted by molar-refractivity contribution is 1.21. The third kappa shape index (κ3) is 2.27. The van der Waals surface area contributed by atoms with Crippen LogP contribution in [-0.2, 0) is 0 Å². The molecule has 0 spiro atoms. The quantitative estimate of drug-likeness (QED) is 0.468. The molecule has 0 aliphatic rings. The molecule has 66 valence electrons. The summed E-state index contributed by atoms with van der Waals surface area (Å²) < 4.78 is 0. The fourth-order valence-corrected chi connectivity index (χ4v) is 9.37. The maximum atomic E-state index is 5.52. The van der Waals surface area contributed by atoms with Crippen LogP contribution in [0.2, 0.25) is 31.4 Å². The fourth-order valence-electron chi connectivity index (χ4n) is 1.15. The van der Waals surface area contributed by atoms with Crippen molar-refractivity contribution in [1.29, 1.82) is 0 Å². The Morgan fingerprint density at radius 1 is 0.917 bits per heavy atom. The molecule has 0 unspecified atom stereocenters. The van der Waals surface area contributed by atoms with Crippen LogP contribution in [0.1, 0.15) is 6.92 Å². The van der Waals surface area contributed by atoms with Gasteiger partial charge in [0.05, 0.1) is 0 Å². The normalized spacial score (nSPS) is 12.3. The van der Waals surface area contributed by atoms with E-state index in [-0.39, 0.29) is 0 Å². The van der Waals surface area contributed by atoms with Crippen molar-refractivity contribution in [3.63, 3.8) is 0 Å². The summed E-state index contributed by atoms with van der Waals surface area (Å²) in [7, 11) is -2.98. The smallest absolute Gasteiger partial charge is 0.133 e. The summed E-state index contributed by atoms with van der Waals surface area (Å²) in [6, 6.07) is 0. The molecule has 0 saturated carbocycles. The Morgan fingerprint density at radius 3 is 1.33 bits per heavy atom. The fraction of sp³-hybridized carbons (Fsp3) is 0.600. The molecule has 0 radical (unpaired) electrons. The maximum absolute atomic E-state index is 5.52. The third-order valence-corrected chi connectivity index (χ3v) is 13.1. The molecule has 2 heteroatoms. The summed E-state index contributed by atoms with van der Waals surface area (Å²) in [4.78, 5) is 0. The first-order chi connectivity index (χ1) is 5.28. The topological polar surface area (TPSA) is 0 Å². The van der Waals surface area contributed by atoms with Gasteiger partial charge in [-0.1, -0.05) is 33.1 Å². The molecule has 0 bridgehead atoms. The first kappa shape index (κ1) is 11.6. The van der Waals surface area contributed by atoms with Gasteiger partial charge in [0.15, 0.2) is 0 Å². The molecular formula is C10H18Si2. The lowest BCUT2D eigenvalue weighted by Gasteiger charge is -2.32. The van der Waals surface area contributed by atoms with Gasteiger partial charge in [0.1, 0.15) is 16.1 Å². The molecular weight excluding hydrogens is 176 g/mol. The molecule has 0 nitrogen and oxygen atoms in total. The first-order valence-corrected chi connectivity index (χ1v) is 10.4. The Bertz CT molecular complexity index is 212. The zero-order valence-corrected chi connectivity index (χ0v) is 10.7. The summed E-state index contributed by atoms with van der Waals surface area (Å²) in [6.45, 7) is 11.1. The molecule has 0 atom stereocenters. The molecule has 12 heavy (non-hydrogen) atoms. The molecule has 0 aromatic heterocycles. The minimum atomic E-state index is -1.49. The van der Waals surface area contributed by atoms with Gasteiger partial charge in [0, 0.05) is 0 Å². The summed E-state index contributed by atoms with van der Waals surface area (Å²) >= 11 is 0. The van der Waals surface area contributed by atoms with Crippen LogP contribution in [0.3, 0.4) is 0 Å². The van der Waals surface area contributed by atoms with Crippen LogP contribution < -0.4 is 0 Å². The number of rotatable bonds is 2. The van der Waals surface area contributed by atoms with Crippen molar-refractivity contribution in [3.05, 3.63) is 0 Å². The second-order valence-corrected chi connectivity index (χ2v) is 14.2. The van der Waals surface area contributed by atoms with Crippen molar-refractivity contribution < 1.29 is 0 Å². The second-order valence-electron chi connectivity index (χ2n) is 4.45. The number of hydrogen-bond acceptors (Lipinski definition) is 0. The monoisotopic (exact) mass is 194 g/mol. The SMILES string of the molecule is C#C[Si](C)(C)C(C)[Si](C)(C)C#C. The lowest BCUT2D eigenvalue weighted by atomic mass is 10.9. The van der Waals surface area contributed by atoms with Crippen molar-refractivity contribution in [2.45, 2.75) is 38.3 Å². The average molecular weight is 194 g/mol. The van der Waals surface area contributed by atoms with Crippen LogP contribution >= 0.6 is 0 Å². The largest absolute Gasteiger partial charge is 0.135 e. The van der Waals surface area contributed by atoms with Crippen LogP contribution in [0.25, 0.3) is 0 Å². The molecule has 0 aliphatic carbocycles. The number of terminal acetylenes is 2. The van der Waals surface area contributed by atoms with E-state index in [2.05, 4.69) is 44.2 Å². The highest BCUT2D eigenvalue weighted by molar-refractivity contribution is 7.03. The van der Waals surface area contributed by atoms with E-state index in [1.165, 1.54) is 0 Å². The number of hydrogen-bond donors (Lipinski definition) is 0. The highest BCUT2D eigenvalue weighted by atomic mass is 28.4. The highest BCUT2D eigenvalue weighted by Crippen LogP contribution is 2.30. The van der Waals surface area contributed by atoms with E-state index in [0.29, 0.717) is 5.16 Å². The van der Waals surface area contributed by atoms with Crippen LogP contribution in [-0.4, -0.2) is 16.1 Å². The minimum absolute atomic E-state index is 0.597. The van der Waals surface area contributed by atoms with E-state index in [0.717, 1.165) is 0 Å². The van der Waals surface area contributed by atoms with Crippen molar-refractivity contribution in [2.24, 2.45) is 0 Å². The van der Waals surface area contributed by atoms with Gasteiger partial charge in [-0.25, -0.2) is 0 Å². The third-order valence-electron chi connectivity index (χ3n) is 2.91. The van der Waals surface area contributed by atoms with Crippen LogP contribution in [0.5, 0.6) is 0 Å². The molecule has 0 heterocycles. The Hall–Kier alpha value is -0.446. The standard InChI is InChI=1S/C10H18Si2/c1-8-11(4,5)10(3)12(6,7)9-2/h1-2,10H,3-7H3. The van der Waals surface area contributed by atoms with Gasteiger partial charge >= 0.3 is 0 Å². The Labute approximate surface area is 78.8 Å². The van der Waals surface area contributed by atoms with Crippen molar-refractivity contribution in [3.8, 4) is 23.9 Å². The van der Waals surface area contributed by atoms with E-state index >= 15 is 0 Å². The zero-order valence-electron chi connectivity index (χ0n) is 8.73. The van der Waals surface area contributed by atoms with Gasteiger partial charge in [-0.3, -0.25) is 0 Å².